The Kier molecular flexibility index (Phi) is 3.05. The molecule has 2 atom stereocenters. The lowest BCUT2D eigenvalue weighted by Gasteiger charge is -2.29. The van der Waals surface area contributed by atoms with Gasteiger partial charge in [-0.3, -0.25) is 9.59 Å². The fraction of sp³-hybridized carbons (Fsp3) is 0.467. The Bertz CT molecular complexity index is 584. The van der Waals surface area contributed by atoms with E-state index >= 15 is 0 Å². The number of carbonyl (C=O) groups excluding carboxylic acids is 1. The van der Waals surface area contributed by atoms with Crippen LogP contribution >= 0.6 is 11.8 Å². The third-order valence-corrected chi connectivity index (χ3v) is 5.40. The van der Waals surface area contributed by atoms with Gasteiger partial charge in [0.1, 0.15) is 0 Å². The minimum atomic E-state index is -0.868. The highest BCUT2D eigenvalue weighted by Gasteiger charge is 2.66. The number of aliphatic carboxylic acids is 1. The standard InChI is InChI=1S/C15H17NO3S/c1-15(2)11(12(15)14(18)19)13(17)16-7-8-20-10-6-4-3-5-9(10)16/h3-6,11-12H,7-8H2,1-2H3,(H,18,19)/t11-,12+/m1/s1. The maximum Gasteiger partial charge on any atom is 0.307 e. The van der Waals surface area contributed by atoms with Crippen molar-refractivity contribution in [2.75, 3.05) is 17.2 Å². The van der Waals surface area contributed by atoms with Crippen molar-refractivity contribution in [1.29, 1.82) is 0 Å². The molecule has 106 valence electrons. The summed E-state index contributed by atoms with van der Waals surface area (Å²) in [5.41, 5.74) is 0.475. The molecule has 1 aliphatic heterocycles. The molecule has 1 aromatic rings. The van der Waals surface area contributed by atoms with Crippen LogP contribution in [0.4, 0.5) is 5.69 Å². The summed E-state index contributed by atoms with van der Waals surface area (Å²) in [6.07, 6.45) is 0. The lowest BCUT2D eigenvalue weighted by atomic mass is 10.1. The minimum absolute atomic E-state index is 0.0462. The topological polar surface area (TPSA) is 57.6 Å². The second kappa shape index (κ2) is 4.52. The van der Waals surface area contributed by atoms with Gasteiger partial charge < -0.3 is 10.0 Å². The van der Waals surface area contributed by atoms with E-state index < -0.39 is 23.2 Å². The Morgan fingerprint density at radius 2 is 2.00 bits per heavy atom. The van der Waals surface area contributed by atoms with Crippen molar-refractivity contribution >= 4 is 29.3 Å². The highest BCUT2D eigenvalue weighted by atomic mass is 32.2. The third kappa shape index (κ3) is 1.92. The number of amides is 1. The molecule has 0 spiro atoms. The number of carboxylic acid groups (broad SMARTS) is 1. The van der Waals surface area contributed by atoms with Gasteiger partial charge in [0.05, 0.1) is 17.5 Å². The van der Waals surface area contributed by atoms with Gasteiger partial charge >= 0.3 is 5.97 Å². The molecule has 1 heterocycles. The number of thioether (sulfide) groups is 1. The molecule has 1 aliphatic carbocycles. The number of carbonyl (C=O) groups is 2. The van der Waals surface area contributed by atoms with E-state index in [-0.39, 0.29) is 5.91 Å². The van der Waals surface area contributed by atoms with Gasteiger partial charge in [-0.1, -0.05) is 26.0 Å². The molecule has 4 nitrogen and oxygen atoms in total. The highest BCUT2D eigenvalue weighted by molar-refractivity contribution is 7.99. The lowest BCUT2D eigenvalue weighted by Crippen LogP contribution is -2.37. The first kappa shape index (κ1) is 13.5. The zero-order chi connectivity index (χ0) is 14.5. The van der Waals surface area contributed by atoms with Crippen LogP contribution in [-0.2, 0) is 9.59 Å². The second-order valence-corrected chi connectivity index (χ2v) is 7.06. The van der Waals surface area contributed by atoms with Crippen molar-refractivity contribution in [3.8, 4) is 0 Å². The van der Waals surface area contributed by atoms with Crippen LogP contribution < -0.4 is 4.90 Å². The van der Waals surface area contributed by atoms with Crippen LogP contribution in [-0.4, -0.2) is 29.3 Å². The van der Waals surface area contributed by atoms with E-state index in [1.165, 1.54) is 0 Å². The Balaban J connectivity index is 1.89. The van der Waals surface area contributed by atoms with Gasteiger partial charge in [0.15, 0.2) is 0 Å². The molecule has 1 saturated carbocycles. The molecule has 0 unspecified atom stereocenters. The molecule has 3 rings (SSSR count). The van der Waals surface area contributed by atoms with Gasteiger partial charge in [0.2, 0.25) is 5.91 Å². The van der Waals surface area contributed by atoms with Gasteiger partial charge in [-0.25, -0.2) is 0 Å². The monoisotopic (exact) mass is 291 g/mol. The first-order valence-corrected chi connectivity index (χ1v) is 7.69. The Morgan fingerprint density at radius 1 is 1.30 bits per heavy atom. The minimum Gasteiger partial charge on any atom is -0.481 e. The molecule has 0 radical (unpaired) electrons. The fourth-order valence-corrected chi connectivity index (χ4v) is 4.12. The van der Waals surface area contributed by atoms with Gasteiger partial charge in [-0.2, -0.15) is 0 Å². The predicted molar refractivity (Wildman–Crippen MR) is 77.9 cm³/mol. The maximum absolute atomic E-state index is 12.7. The van der Waals surface area contributed by atoms with Gasteiger partial charge in [-0.15, -0.1) is 11.8 Å². The zero-order valence-electron chi connectivity index (χ0n) is 11.5. The Morgan fingerprint density at radius 3 is 2.65 bits per heavy atom. The SMILES string of the molecule is CC1(C)[C@H](C(=O)O)[C@@H]1C(=O)N1CCSc2ccccc21. The fourth-order valence-electron chi connectivity index (χ4n) is 3.13. The molecule has 1 N–H and O–H groups in total. The van der Waals surface area contributed by atoms with E-state index in [0.29, 0.717) is 6.54 Å². The second-order valence-electron chi connectivity index (χ2n) is 5.92. The van der Waals surface area contributed by atoms with Crippen molar-refractivity contribution in [3.63, 3.8) is 0 Å². The van der Waals surface area contributed by atoms with Crippen LogP contribution in [0.1, 0.15) is 13.8 Å². The maximum atomic E-state index is 12.7. The van der Waals surface area contributed by atoms with E-state index in [0.717, 1.165) is 16.3 Å². The summed E-state index contributed by atoms with van der Waals surface area (Å²) in [4.78, 5) is 26.8. The predicted octanol–water partition coefficient (Wildman–Crippen LogP) is 2.48. The molecule has 1 aromatic carbocycles. The molecule has 0 aromatic heterocycles. The van der Waals surface area contributed by atoms with Gasteiger partial charge in [0.25, 0.3) is 0 Å². The molecule has 0 bridgehead atoms. The Hall–Kier alpha value is -1.49. The van der Waals surface area contributed by atoms with E-state index in [1.54, 1.807) is 16.7 Å². The lowest BCUT2D eigenvalue weighted by molar-refractivity contribution is -0.140. The zero-order valence-corrected chi connectivity index (χ0v) is 12.3. The molecule has 20 heavy (non-hydrogen) atoms. The smallest absolute Gasteiger partial charge is 0.307 e. The van der Waals surface area contributed by atoms with E-state index in [1.807, 2.05) is 38.1 Å². The van der Waals surface area contributed by atoms with Crippen molar-refractivity contribution in [2.24, 2.45) is 17.3 Å². The van der Waals surface area contributed by atoms with Crippen molar-refractivity contribution in [2.45, 2.75) is 18.7 Å². The molecule has 1 fully saturated rings. The van der Waals surface area contributed by atoms with Crippen LogP contribution in [0, 0.1) is 17.3 Å². The average Bonchev–Trinajstić information content (AvgIpc) is 3.00. The van der Waals surface area contributed by atoms with E-state index in [9.17, 15) is 14.7 Å². The number of benzene rings is 1. The molecular formula is C15H17NO3S. The summed E-state index contributed by atoms with van der Waals surface area (Å²) in [5, 5.41) is 9.23. The van der Waals surface area contributed by atoms with Crippen molar-refractivity contribution in [1.82, 2.24) is 0 Å². The summed E-state index contributed by atoms with van der Waals surface area (Å²) < 4.78 is 0. The summed E-state index contributed by atoms with van der Waals surface area (Å²) >= 11 is 1.74. The van der Waals surface area contributed by atoms with Gasteiger partial charge in [0, 0.05) is 17.2 Å². The number of hydrogen-bond acceptors (Lipinski definition) is 3. The average molecular weight is 291 g/mol. The quantitative estimate of drug-likeness (QED) is 0.909. The first-order valence-electron chi connectivity index (χ1n) is 6.70. The number of para-hydroxylation sites is 1. The Labute approximate surface area is 122 Å². The number of carboxylic acids is 1. The third-order valence-electron chi connectivity index (χ3n) is 4.35. The van der Waals surface area contributed by atoms with Gasteiger partial charge in [-0.05, 0) is 17.5 Å². The van der Waals surface area contributed by atoms with E-state index in [4.69, 9.17) is 0 Å². The van der Waals surface area contributed by atoms with Crippen LogP contribution in [0.2, 0.25) is 0 Å². The number of fused-ring (bicyclic) bond motifs is 1. The first-order chi connectivity index (χ1) is 9.44. The van der Waals surface area contributed by atoms with Crippen LogP contribution in [0.3, 0.4) is 0 Å². The van der Waals surface area contributed by atoms with Crippen LogP contribution in [0.25, 0.3) is 0 Å². The van der Waals surface area contributed by atoms with E-state index in [2.05, 4.69) is 0 Å². The summed E-state index contributed by atoms with van der Waals surface area (Å²) in [5.74, 6) is -1.02. The number of rotatable bonds is 2. The summed E-state index contributed by atoms with van der Waals surface area (Å²) in [6.45, 7) is 4.37. The molecule has 0 saturated heterocycles. The highest BCUT2D eigenvalue weighted by Crippen LogP contribution is 2.59. The van der Waals surface area contributed by atoms with Crippen LogP contribution in [0.5, 0.6) is 0 Å². The molecular weight excluding hydrogens is 274 g/mol. The van der Waals surface area contributed by atoms with Crippen molar-refractivity contribution < 1.29 is 14.7 Å². The largest absolute Gasteiger partial charge is 0.481 e. The molecule has 1 amide bonds. The molecule has 5 heteroatoms. The summed E-state index contributed by atoms with van der Waals surface area (Å²) in [7, 11) is 0. The molecule has 2 aliphatic rings. The summed E-state index contributed by atoms with van der Waals surface area (Å²) in [6, 6.07) is 7.81. The normalized spacial score (nSPS) is 26.8. The number of nitrogens with zero attached hydrogens (tertiary/aromatic N) is 1. The number of anilines is 1. The number of hydrogen-bond donors (Lipinski definition) is 1. The van der Waals surface area contributed by atoms with Crippen LogP contribution in [0.15, 0.2) is 29.2 Å². The van der Waals surface area contributed by atoms with Crippen molar-refractivity contribution in [3.05, 3.63) is 24.3 Å².